The zero-order chi connectivity index (χ0) is 25.5. The van der Waals surface area contributed by atoms with Gasteiger partial charge in [0.2, 0.25) is 0 Å². The number of ether oxygens (including phenoxy) is 1. The van der Waals surface area contributed by atoms with E-state index < -0.39 is 0 Å². The summed E-state index contributed by atoms with van der Waals surface area (Å²) in [5.74, 6) is 0.0956. The van der Waals surface area contributed by atoms with Crippen molar-refractivity contribution in [2.24, 2.45) is 15.2 Å². The fraction of sp³-hybridized carbons (Fsp3) is 0.0323. The summed E-state index contributed by atoms with van der Waals surface area (Å²) >= 11 is 3.41. The second kappa shape index (κ2) is 11.5. The van der Waals surface area contributed by atoms with E-state index in [-0.39, 0.29) is 5.97 Å². The Kier molecular flexibility index (Phi) is 7.58. The molecular formula is C31H22BrN3O2. The van der Waals surface area contributed by atoms with Crippen molar-refractivity contribution in [2.75, 3.05) is 0 Å². The highest BCUT2D eigenvalue weighted by atomic mass is 79.9. The van der Waals surface area contributed by atoms with Gasteiger partial charge in [0.15, 0.2) is 0 Å². The predicted octanol–water partition coefficient (Wildman–Crippen LogP) is 9.18. The normalized spacial score (nSPS) is 12.8. The Balaban J connectivity index is 1.15. The molecule has 1 aliphatic rings. The van der Waals surface area contributed by atoms with E-state index in [2.05, 4.69) is 43.3 Å². The van der Waals surface area contributed by atoms with Crippen LogP contribution in [-0.2, 0) is 0 Å². The lowest BCUT2D eigenvalue weighted by Crippen LogP contribution is -2.08. The molecule has 0 fully saturated rings. The van der Waals surface area contributed by atoms with Crippen LogP contribution < -0.4 is 4.74 Å². The number of hydrogen-bond acceptors (Lipinski definition) is 5. The van der Waals surface area contributed by atoms with Gasteiger partial charge in [0, 0.05) is 10.7 Å². The van der Waals surface area contributed by atoms with Gasteiger partial charge in [0.05, 0.1) is 22.6 Å². The number of hydrogen-bond donors (Lipinski definition) is 0. The van der Waals surface area contributed by atoms with Crippen LogP contribution in [0.4, 0.5) is 17.1 Å². The lowest BCUT2D eigenvalue weighted by Gasteiger charge is -2.06. The zero-order valence-corrected chi connectivity index (χ0v) is 21.4. The first-order valence-corrected chi connectivity index (χ1v) is 12.5. The van der Waals surface area contributed by atoms with Crippen LogP contribution in [-0.4, -0.2) is 12.2 Å². The number of benzene rings is 4. The van der Waals surface area contributed by atoms with Gasteiger partial charge in [-0.15, -0.1) is 0 Å². The summed E-state index contributed by atoms with van der Waals surface area (Å²) in [5, 5.41) is 8.49. The molecule has 1 aliphatic carbocycles. The standard InChI is InChI=1S/C31H22BrN3O2/c32-26-11-13-28(14-12-26)34-35-29-17-15-27(16-18-29)33-21-22-5-19-30(20-6-22)37-31(36)25-9-7-24(8-10-25)23-3-1-2-4-23/h1-3,5-21H,4H2. The zero-order valence-electron chi connectivity index (χ0n) is 19.8. The fourth-order valence-corrected chi connectivity index (χ4v) is 3.91. The molecule has 0 N–H and O–H groups in total. The summed E-state index contributed by atoms with van der Waals surface area (Å²) in [6.07, 6.45) is 8.93. The largest absolute Gasteiger partial charge is 0.423 e. The molecule has 4 aromatic rings. The Labute approximate surface area is 223 Å². The second-order valence-electron chi connectivity index (χ2n) is 8.31. The van der Waals surface area contributed by atoms with Crippen LogP contribution >= 0.6 is 15.9 Å². The maximum absolute atomic E-state index is 12.5. The summed E-state index contributed by atoms with van der Waals surface area (Å²) in [6.45, 7) is 0. The Morgan fingerprint density at radius 3 is 2.00 bits per heavy atom. The van der Waals surface area contributed by atoms with Crippen LogP contribution in [0.15, 0.2) is 135 Å². The minimum Gasteiger partial charge on any atom is -0.423 e. The summed E-state index contributed by atoms with van der Waals surface area (Å²) in [6, 6.07) is 29.9. The summed E-state index contributed by atoms with van der Waals surface area (Å²) in [5.41, 5.74) is 6.09. The number of aliphatic imine (C=N–C) groups is 1. The van der Waals surface area contributed by atoms with Gasteiger partial charge in [-0.25, -0.2) is 4.79 Å². The van der Waals surface area contributed by atoms with E-state index in [1.165, 1.54) is 5.57 Å². The van der Waals surface area contributed by atoms with Gasteiger partial charge in [0.25, 0.3) is 0 Å². The maximum Gasteiger partial charge on any atom is 0.343 e. The molecule has 0 atom stereocenters. The first-order chi connectivity index (χ1) is 18.1. The van der Waals surface area contributed by atoms with Crippen molar-refractivity contribution < 1.29 is 9.53 Å². The van der Waals surface area contributed by atoms with Crippen molar-refractivity contribution >= 4 is 50.7 Å². The number of rotatable bonds is 7. The van der Waals surface area contributed by atoms with Gasteiger partial charge < -0.3 is 4.74 Å². The lowest BCUT2D eigenvalue weighted by molar-refractivity contribution is 0.0734. The van der Waals surface area contributed by atoms with Crippen molar-refractivity contribution in [3.63, 3.8) is 0 Å². The molecule has 0 amide bonds. The Morgan fingerprint density at radius 1 is 0.757 bits per heavy atom. The van der Waals surface area contributed by atoms with Crippen molar-refractivity contribution in [1.82, 2.24) is 0 Å². The first-order valence-electron chi connectivity index (χ1n) is 11.7. The molecule has 180 valence electrons. The molecule has 0 spiro atoms. The van der Waals surface area contributed by atoms with Crippen LogP contribution in [0.3, 0.4) is 0 Å². The number of carbonyl (C=O) groups excluding carboxylic acids is 1. The average molecular weight is 548 g/mol. The lowest BCUT2D eigenvalue weighted by atomic mass is 10.0. The van der Waals surface area contributed by atoms with Gasteiger partial charge in [-0.3, -0.25) is 4.99 Å². The highest BCUT2D eigenvalue weighted by Gasteiger charge is 2.10. The molecular weight excluding hydrogens is 526 g/mol. The van der Waals surface area contributed by atoms with Crippen LogP contribution in [0.5, 0.6) is 5.75 Å². The van der Waals surface area contributed by atoms with E-state index in [9.17, 15) is 4.79 Å². The molecule has 5 rings (SSSR count). The van der Waals surface area contributed by atoms with Gasteiger partial charge in [0.1, 0.15) is 5.75 Å². The van der Waals surface area contributed by atoms with Crippen molar-refractivity contribution in [3.05, 3.63) is 136 Å². The molecule has 0 aliphatic heterocycles. The topological polar surface area (TPSA) is 63.4 Å². The minimum atomic E-state index is -0.385. The number of allylic oxidation sites excluding steroid dienone is 4. The van der Waals surface area contributed by atoms with E-state index >= 15 is 0 Å². The molecule has 37 heavy (non-hydrogen) atoms. The van der Waals surface area contributed by atoms with Crippen LogP contribution in [0, 0.1) is 0 Å². The molecule has 0 bridgehead atoms. The molecule has 0 aromatic heterocycles. The highest BCUT2D eigenvalue weighted by Crippen LogP contribution is 2.25. The average Bonchev–Trinajstić information content (AvgIpc) is 3.48. The first kappa shape index (κ1) is 24.3. The summed E-state index contributed by atoms with van der Waals surface area (Å²) in [7, 11) is 0. The SMILES string of the molecule is O=C(Oc1ccc(C=Nc2ccc(N=Nc3ccc(Br)cc3)cc2)cc1)c1ccc(C2=CC=CC2)cc1. The van der Waals surface area contributed by atoms with Gasteiger partial charge in [-0.1, -0.05) is 46.3 Å². The maximum atomic E-state index is 12.5. The summed E-state index contributed by atoms with van der Waals surface area (Å²) < 4.78 is 6.53. The third-order valence-corrected chi connectivity index (χ3v) is 6.20. The predicted molar refractivity (Wildman–Crippen MR) is 152 cm³/mol. The van der Waals surface area contributed by atoms with E-state index in [1.54, 1.807) is 30.5 Å². The molecule has 6 heteroatoms. The monoisotopic (exact) mass is 547 g/mol. The van der Waals surface area contributed by atoms with E-state index in [0.29, 0.717) is 11.3 Å². The van der Waals surface area contributed by atoms with Crippen molar-refractivity contribution in [3.8, 4) is 5.75 Å². The summed E-state index contributed by atoms with van der Waals surface area (Å²) in [4.78, 5) is 17.0. The van der Waals surface area contributed by atoms with E-state index in [4.69, 9.17) is 4.74 Å². The number of azo groups is 1. The Morgan fingerprint density at radius 2 is 1.38 bits per heavy atom. The molecule has 0 unspecified atom stereocenters. The quantitative estimate of drug-likeness (QED) is 0.100. The van der Waals surface area contributed by atoms with Gasteiger partial charge >= 0.3 is 5.97 Å². The van der Waals surface area contributed by atoms with E-state index in [0.717, 1.165) is 39.1 Å². The molecule has 4 aromatic carbocycles. The molecule has 0 saturated heterocycles. The third-order valence-electron chi connectivity index (χ3n) is 5.67. The number of nitrogens with zero attached hydrogens (tertiary/aromatic N) is 3. The third kappa shape index (κ3) is 6.63. The smallest absolute Gasteiger partial charge is 0.343 e. The minimum absolute atomic E-state index is 0.385. The number of carbonyl (C=O) groups is 1. The Bertz CT molecular complexity index is 1500. The van der Waals surface area contributed by atoms with Crippen LogP contribution in [0.25, 0.3) is 5.57 Å². The Hall–Kier alpha value is -4.42. The molecule has 5 nitrogen and oxygen atoms in total. The highest BCUT2D eigenvalue weighted by molar-refractivity contribution is 9.10. The molecule has 0 saturated carbocycles. The van der Waals surface area contributed by atoms with Crippen LogP contribution in [0.2, 0.25) is 0 Å². The van der Waals surface area contributed by atoms with Gasteiger partial charge in [-0.2, -0.15) is 10.2 Å². The molecule has 0 radical (unpaired) electrons. The van der Waals surface area contributed by atoms with Gasteiger partial charge in [-0.05, 0) is 108 Å². The van der Waals surface area contributed by atoms with Crippen molar-refractivity contribution in [2.45, 2.75) is 6.42 Å². The molecule has 0 heterocycles. The second-order valence-corrected chi connectivity index (χ2v) is 9.23. The number of halogens is 1. The van der Waals surface area contributed by atoms with Crippen molar-refractivity contribution in [1.29, 1.82) is 0 Å². The number of esters is 1. The fourth-order valence-electron chi connectivity index (χ4n) is 3.65. The van der Waals surface area contributed by atoms with E-state index in [1.807, 2.05) is 78.9 Å². The van der Waals surface area contributed by atoms with Crippen LogP contribution in [0.1, 0.15) is 27.9 Å².